The molecular formula is C14H17FN2O4. The number of nitrogens with one attached hydrogen (secondary N) is 1. The van der Waals surface area contributed by atoms with Crippen LogP contribution in [0.1, 0.15) is 23.7 Å². The number of hydrogen-bond acceptors (Lipinski definition) is 3. The predicted octanol–water partition coefficient (Wildman–Crippen LogP) is 0.877. The second-order valence-corrected chi connectivity index (χ2v) is 4.46. The van der Waals surface area contributed by atoms with Gasteiger partial charge in [0.1, 0.15) is 11.9 Å². The van der Waals surface area contributed by atoms with Crippen molar-refractivity contribution >= 4 is 17.8 Å². The lowest BCUT2D eigenvalue weighted by atomic mass is 10.2. The molecule has 1 unspecified atom stereocenters. The minimum atomic E-state index is -1.11. The third-order valence-electron chi connectivity index (χ3n) is 3.02. The number of carbonyl (C=O) groups excluding carboxylic acids is 2. The Balaban J connectivity index is 2.60. The van der Waals surface area contributed by atoms with Gasteiger partial charge in [-0.25, -0.2) is 9.18 Å². The number of benzene rings is 1. The van der Waals surface area contributed by atoms with Gasteiger partial charge in [-0.05, 0) is 24.6 Å². The molecule has 1 atom stereocenters. The summed E-state index contributed by atoms with van der Waals surface area (Å²) in [5.74, 6) is -2.79. The van der Waals surface area contributed by atoms with Crippen LogP contribution in [-0.2, 0) is 9.59 Å². The molecule has 1 aromatic rings. The summed E-state index contributed by atoms with van der Waals surface area (Å²) >= 11 is 0. The Morgan fingerprint density at radius 3 is 2.57 bits per heavy atom. The quantitative estimate of drug-likeness (QED) is 0.815. The van der Waals surface area contributed by atoms with Gasteiger partial charge < -0.3 is 15.3 Å². The van der Waals surface area contributed by atoms with Crippen LogP contribution in [0.5, 0.6) is 0 Å². The van der Waals surface area contributed by atoms with Crippen LogP contribution < -0.4 is 5.32 Å². The molecule has 0 aromatic heterocycles. The number of carboxylic acids is 1. The van der Waals surface area contributed by atoms with Crippen LogP contribution in [0.3, 0.4) is 0 Å². The monoisotopic (exact) mass is 296 g/mol. The van der Waals surface area contributed by atoms with Crippen molar-refractivity contribution < 1.29 is 23.9 Å². The SMILES string of the molecule is CCC(C(=O)O)N(C)C(=O)CNC(=O)c1cccc(F)c1. The van der Waals surface area contributed by atoms with Crippen LogP contribution in [0.2, 0.25) is 0 Å². The third kappa shape index (κ3) is 4.55. The topological polar surface area (TPSA) is 86.7 Å². The number of carbonyl (C=O) groups is 3. The maximum Gasteiger partial charge on any atom is 0.326 e. The first-order valence-corrected chi connectivity index (χ1v) is 6.39. The van der Waals surface area contributed by atoms with Crippen LogP contribution in [0, 0.1) is 5.82 Å². The molecule has 0 aliphatic rings. The fraction of sp³-hybridized carbons (Fsp3) is 0.357. The van der Waals surface area contributed by atoms with E-state index in [1.54, 1.807) is 6.92 Å². The summed E-state index contributed by atoms with van der Waals surface area (Å²) < 4.78 is 13.0. The minimum absolute atomic E-state index is 0.0933. The second-order valence-electron chi connectivity index (χ2n) is 4.46. The first-order chi connectivity index (χ1) is 9.86. The lowest BCUT2D eigenvalue weighted by molar-refractivity contribution is -0.148. The second kappa shape index (κ2) is 7.37. The van der Waals surface area contributed by atoms with Crippen molar-refractivity contribution in [3.05, 3.63) is 35.6 Å². The maximum absolute atomic E-state index is 13.0. The summed E-state index contributed by atoms with van der Waals surface area (Å²) in [6.07, 6.45) is 0.259. The fourth-order valence-electron chi connectivity index (χ4n) is 1.80. The highest BCUT2D eigenvalue weighted by Gasteiger charge is 2.24. The third-order valence-corrected chi connectivity index (χ3v) is 3.02. The highest BCUT2D eigenvalue weighted by molar-refractivity contribution is 5.96. The molecule has 2 amide bonds. The van der Waals surface area contributed by atoms with Gasteiger partial charge in [-0.15, -0.1) is 0 Å². The van der Waals surface area contributed by atoms with Gasteiger partial charge in [0.05, 0.1) is 6.54 Å². The van der Waals surface area contributed by atoms with E-state index in [4.69, 9.17) is 5.11 Å². The van der Waals surface area contributed by atoms with Gasteiger partial charge in [-0.3, -0.25) is 9.59 Å². The Bertz CT molecular complexity index is 548. The van der Waals surface area contributed by atoms with E-state index < -0.39 is 29.6 Å². The number of halogens is 1. The van der Waals surface area contributed by atoms with Crippen LogP contribution in [0.4, 0.5) is 4.39 Å². The van der Waals surface area contributed by atoms with Crippen LogP contribution in [-0.4, -0.2) is 47.4 Å². The summed E-state index contributed by atoms with van der Waals surface area (Å²) in [7, 11) is 1.36. The Morgan fingerprint density at radius 2 is 2.05 bits per heavy atom. The molecule has 0 saturated carbocycles. The summed E-state index contributed by atoms with van der Waals surface area (Å²) in [5, 5.41) is 11.3. The van der Waals surface area contributed by atoms with E-state index in [0.717, 1.165) is 11.0 Å². The Labute approximate surface area is 121 Å². The molecule has 7 heteroatoms. The van der Waals surface area contributed by atoms with E-state index in [9.17, 15) is 18.8 Å². The first kappa shape index (κ1) is 16.6. The Kier molecular flexibility index (Phi) is 5.83. The molecule has 1 aromatic carbocycles. The Morgan fingerprint density at radius 1 is 1.38 bits per heavy atom. The molecule has 0 radical (unpaired) electrons. The standard InChI is InChI=1S/C14H17FN2O4/c1-3-11(14(20)21)17(2)12(18)8-16-13(19)9-5-4-6-10(15)7-9/h4-7,11H,3,8H2,1-2H3,(H,16,19)(H,20,21). The summed E-state index contributed by atoms with van der Waals surface area (Å²) in [6.45, 7) is 1.30. The van der Waals surface area contributed by atoms with Gasteiger partial charge in [0.2, 0.25) is 5.91 Å². The normalized spacial score (nSPS) is 11.6. The maximum atomic E-state index is 13.0. The lowest BCUT2D eigenvalue weighted by Crippen LogP contribution is -2.46. The average molecular weight is 296 g/mol. The van der Waals surface area contributed by atoms with Gasteiger partial charge in [-0.2, -0.15) is 0 Å². The van der Waals surface area contributed by atoms with E-state index in [2.05, 4.69) is 5.32 Å². The van der Waals surface area contributed by atoms with Crippen molar-refractivity contribution in [2.75, 3.05) is 13.6 Å². The molecule has 0 spiro atoms. The first-order valence-electron chi connectivity index (χ1n) is 6.39. The highest BCUT2D eigenvalue weighted by Crippen LogP contribution is 2.04. The summed E-state index contributed by atoms with van der Waals surface area (Å²) in [4.78, 5) is 35.6. The van der Waals surface area contributed by atoms with Gasteiger partial charge in [-0.1, -0.05) is 13.0 Å². The zero-order chi connectivity index (χ0) is 16.0. The fourth-order valence-corrected chi connectivity index (χ4v) is 1.80. The molecule has 0 aliphatic carbocycles. The van der Waals surface area contributed by atoms with Crippen molar-refractivity contribution in [1.29, 1.82) is 0 Å². The Hall–Kier alpha value is -2.44. The van der Waals surface area contributed by atoms with Crippen molar-refractivity contribution in [3.63, 3.8) is 0 Å². The smallest absolute Gasteiger partial charge is 0.326 e. The van der Waals surface area contributed by atoms with Crippen LogP contribution >= 0.6 is 0 Å². The lowest BCUT2D eigenvalue weighted by Gasteiger charge is -2.23. The van der Waals surface area contributed by atoms with Gasteiger partial charge in [0.15, 0.2) is 0 Å². The van der Waals surface area contributed by atoms with Gasteiger partial charge in [0, 0.05) is 12.6 Å². The van der Waals surface area contributed by atoms with Crippen molar-refractivity contribution in [2.45, 2.75) is 19.4 Å². The van der Waals surface area contributed by atoms with E-state index in [1.807, 2.05) is 0 Å². The minimum Gasteiger partial charge on any atom is -0.480 e. The van der Waals surface area contributed by atoms with E-state index in [0.29, 0.717) is 0 Å². The molecule has 21 heavy (non-hydrogen) atoms. The van der Waals surface area contributed by atoms with Crippen LogP contribution in [0.15, 0.2) is 24.3 Å². The highest BCUT2D eigenvalue weighted by atomic mass is 19.1. The molecule has 0 fully saturated rings. The number of hydrogen-bond donors (Lipinski definition) is 2. The molecule has 2 N–H and O–H groups in total. The molecule has 0 bridgehead atoms. The van der Waals surface area contributed by atoms with Crippen molar-refractivity contribution in [2.24, 2.45) is 0 Å². The van der Waals surface area contributed by atoms with Crippen molar-refractivity contribution in [3.8, 4) is 0 Å². The molecule has 0 heterocycles. The molecule has 6 nitrogen and oxygen atoms in total. The zero-order valence-electron chi connectivity index (χ0n) is 11.8. The largest absolute Gasteiger partial charge is 0.480 e. The van der Waals surface area contributed by atoms with Gasteiger partial charge >= 0.3 is 5.97 Å². The molecule has 0 aliphatic heterocycles. The summed E-state index contributed by atoms with van der Waals surface area (Å²) in [5.41, 5.74) is 0.0933. The van der Waals surface area contributed by atoms with E-state index in [-0.39, 0.29) is 18.5 Å². The number of aliphatic carboxylic acids is 1. The average Bonchev–Trinajstić information content (AvgIpc) is 2.44. The van der Waals surface area contributed by atoms with E-state index in [1.165, 1.54) is 25.2 Å². The molecular weight excluding hydrogens is 279 g/mol. The zero-order valence-corrected chi connectivity index (χ0v) is 11.8. The number of nitrogens with zero attached hydrogens (tertiary/aromatic N) is 1. The van der Waals surface area contributed by atoms with Crippen molar-refractivity contribution in [1.82, 2.24) is 10.2 Å². The number of carboxylic acid groups (broad SMARTS) is 1. The number of likely N-dealkylation sites (N-methyl/N-ethyl adjacent to an activating group) is 1. The van der Waals surface area contributed by atoms with Crippen LogP contribution in [0.25, 0.3) is 0 Å². The molecule has 1 rings (SSSR count). The predicted molar refractivity (Wildman–Crippen MR) is 73.2 cm³/mol. The molecule has 114 valence electrons. The number of rotatable bonds is 6. The number of amides is 2. The van der Waals surface area contributed by atoms with E-state index >= 15 is 0 Å². The summed E-state index contributed by atoms with van der Waals surface area (Å²) in [6, 6.07) is 4.11. The van der Waals surface area contributed by atoms with Gasteiger partial charge in [0.25, 0.3) is 5.91 Å². The molecule has 0 saturated heterocycles.